The summed E-state index contributed by atoms with van der Waals surface area (Å²) < 4.78 is 0. The molecule has 0 aliphatic heterocycles. The van der Waals surface area contributed by atoms with Gasteiger partial charge in [0, 0.05) is 23.2 Å². The molecule has 0 aliphatic carbocycles. The molecule has 18 heavy (non-hydrogen) atoms. The second-order valence-corrected chi connectivity index (χ2v) is 4.53. The van der Waals surface area contributed by atoms with Crippen molar-refractivity contribution in [2.24, 2.45) is 0 Å². The molecule has 0 radical (unpaired) electrons. The van der Waals surface area contributed by atoms with Crippen LogP contribution in [0, 0.1) is 0 Å². The number of benzene rings is 1. The Bertz CT molecular complexity index is 708. The summed E-state index contributed by atoms with van der Waals surface area (Å²) in [4.78, 5) is 12.6. The van der Waals surface area contributed by atoms with Gasteiger partial charge in [-0.05, 0) is 12.1 Å². The first-order valence-corrected chi connectivity index (χ1v) is 6.03. The minimum atomic E-state index is 0.318. The van der Waals surface area contributed by atoms with Crippen LogP contribution in [0.4, 0.5) is 0 Å². The lowest BCUT2D eigenvalue weighted by molar-refractivity contribution is 1.17. The molecule has 0 bridgehead atoms. The fourth-order valence-corrected chi connectivity index (χ4v) is 2.14. The second kappa shape index (κ2) is 4.52. The van der Waals surface area contributed by atoms with Gasteiger partial charge in [0.15, 0.2) is 5.82 Å². The lowest BCUT2D eigenvalue weighted by Gasteiger charge is -2.03. The van der Waals surface area contributed by atoms with Crippen molar-refractivity contribution in [2.45, 2.75) is 0 Å². The molecule has 2 heterocycles. The summed E-state index contributed by atoms with van der Waals surface area (Å²) >= 11 is 11.7. The normalized spacial score (nSPS) is 10.8. The highest BCUT2D eigenvalue weighted by atomic mass is 35.5. The Labute approximate surface area is 113 Å². The van der Waals surface area contributed by atoms with Crippen LogP contribution in [0.3, 0.4) is 0 Å². The smallest absolute Gasteiger partial charge is 0.164 e. The molecule has 88 valence electrons. The highest BCUT2D eigenvalue weighted by Crippen LogP contribution is 2.22. The molecule has 3 nitrogen and oxygen atoms in total. The molecule has 0 amide bonds. The van der Waals surface area contributed by atoms with E-state index in [4.69, 9.17) is 23.2 Å². The summed E-state index contributed by atoms with van der Waals surface area (Å²) in [5.74, 6) is 0.478. The van der Waals surface area contributed by atoms with Crippen molar-refractivity contribution in [1.29, 1.82) is 0 Å². The summed E-state index contributed by atoms with van der Waals surface area (Å²) in [5, 5.41) is 1.66. The van der Waals surface area contributed by atoms with Crippen LogP contribution in [0.15, 0.2) is 42.6 Å². The molecule has 3 rings (SSSR count). The average molecular weight is 276 g/mol. The predicted octanol–water partition coefficient (Wildman–Crippen LogP) is 4.00. The molecule has 2 aromatic heterocycles. The van der Waals surface area contributed by atoms with Crippen molar-refractivity contribution in [3.05, 3.63) is 52.9 Å². The Balaban J connectivity index is 2.19. The minimum absolute atomic E-state index is 0.318. The third-order valence-corrected chi connectivity index (χ3v) is 2.90. The maximum absolute atomic E-state index is 5.86. The largest absolute Gasteiger partial charge is 0.255 e. The van der Waals surface area contributed by atoms with Gasteiger partial charge in [0.1, 0.15) is 10.3 Å². The lowest BCUT2D eigenvalue weighted by Crippen LogP contribution is -1.91. The fourth-order valence-electron chi connectivity index (χ4n) is 1.71. The zero-order valence-corrected chi connectivity index (χ0v) is 10.7. The molecular weight excluding hydrogens is 269 g/mol. The van der Waals surface area contributed by atoms with E-state index in [1.165, 1.54) is 6.07 Å². The van der Waals surface area contributed by atoms with Crippen molar-refractivity contribution in [1.82, 2.24) is 15.0 Å². The highest BCUT2D eigenvalue weighted by Gasteiger charge is 2.06. The van der Waals surface area contributed by atoms with E-state index in [0.29, 0.717) is 16.1 Å². The number of nitrogens with zero attached hydrogens (tertiary/aromatic N) is 3. The van der Waals surface area contributed by atoms with Crippen LogP contribution in [-0.4, -0.2) is 15.0 Å². The van der Waals surface area contributed by atoms with Crippen LogP contribution in [0.2, 0.25) is 10.3 Å². The number of fused-ring (bicyclic) bond motifs is 1. The third-order valence-electron chi connectivity index (χ3n) is 2.51. The van der Waals surface area contributed by atoms with Gasteiger partial charge in [-0.25, -0.2) is 9.97 Å². The van der Waals surface area contributed by atoms with Gasteiger partial charge in [-0.3, -0.25) is 4.98 Å². The second-order valence-electron chi connectivity index (χ2n) is 3.75. The van der Waals surface area contributed by atoms with Crippen molar-refractivity contribution in [2.75, 3.05) is 0 Å². The predicted molar refractivity (Wildman–Crippen MR) is 72.8 cm³/mol. The quantitative estimate of drug-likeness (QED) is 0.630. The Hall–Kier alpha value is -1.71. The van der Waals surface area contributed by atoms with E-state index in [9.17, 15) is 0 Å². The molecule has 0 atom stereocenters. The number of rotatable bonds is 1. The molecule has 3 aromatic rings. The minimum Gasteiger partial charge on any atom is -0.255 e. The van der Waals surface area contributed by atoms with Gasteiger partial charge in [0.05, 0.1) is 5.52 Å². The van der Waals surface area contributed by atoms with Gasteiger partial charge in [-0.1, -0.05) is 41.4 Å². The van der Waals surface area contributed by atoms with Crippen LogP contribution in [0.5, 0.6) is 0 Å². The standard InChI is InChI=1S/C13H7Cl2N3/c14-11-6-12(15)18-13(17-11)9-5-8-3-1-2-4-10(8)16-7-9/h1-7H. The number of para-hydroxylation sites is 1. The molecule has 0 N–H and O–H groups in total. The third kappa shape index (κ3) is 2.15. The first-order valence-electron chi connectivity index (χ1n) is 5.27. The molecule has 0 saturated heterocycles. The van der Waals surface area contributed by atoms with Crippen LogP contribution >= 0.6 is 23.2 Å². The maximum Gasteiger partial charge on any atom is 0.164 e. The summed E-state index contributed by atoms with van der Waals surface area (Å²) in [6.45, 7) is 0. The topological polar surface area (TPSA) is 38.7 Å². The van der Waals surface area contributed by atoms with Gasteiger partial charge < -0.3 is 0 Å². The number of aromatic nitrogens is 3. The number of hydrogen-bond acceptors (Lipinski definition) is 3. The number of halogens is 2. The van der Waals surface area contributed by atoms with E-state index in [2.05, 4.69) is 15.0 Å². The highest BCUT2D eigenvalue weighted by molar-refractivity contribution is 6.33. The zero-order chi connectivity index (χ0) is 12.5. The number of pyridine rings is 1. The Morgan fingerprint density at radius 2 is 1.61 bits per heavy atom. The lowest BCUT2D eigenvalue weighted by atomic mass is 10.1. The Kier molecular flexibility index (Phi) is 2.86. The molecule has 0 unspecified atom stereocenters. The van der Waals surface area contributed by atoms with Crippen LogP contribution < -0.4 is 0 Å². The molecule has 0 fully saturated rings. The van der Waals surface area contributed by atoms with E-state index in [1.807, 2.05) is 30.3 Å². The van der Waals surface area contributed by atoms with Gasteiger partial charge in [-0.15, -0.1) is 0 Å². The van der Waals surface area contributed by atoms with Crippen molar-refractivity contribution < 1.29 is 0 Å². The summed E-state index contributed by atoms with van der Waals surface area (Å²) in [6, 6.07) is 11.3. The molecule has 5 heteroatoms. The van der Waals surface area contributed by atoms with E-state index >= 15 is 0 Å². The van der Waals surface area contributed by atoms with Crippen molar-refractivity contribution in [3.8, 4) is 11.4 Å². The van der Waals surface area contributed by atoms with E-state index in [1.54, 1.807) is 6.20 Å². The molecular formula is C13H7Cl2N3. The molecule has 0 spiro atoms. The van der Waals surface area contributed by atoms with Crippen molar-refractivity contribution in [3.63, 3.8) is 0 Å². The fraction of sp³-hybridized carbons (Fsp3) is 0. The summed E-state index contributed by atoms with van der Waals surface area (Å²) in [7, 11) is 0. The Morgan fingerprint density at radius 1 is 0.889 bits per heavy atom. The van der Waals surface area contributed by atoms with Crippen LogP contribution in [0.25, 0.3) is 22.3 Å². The van der Waals surface area contributed by atoms with Crippen molar-refractivity contribution >= 4 is 34.1 Å². The molecule has 1 aromatic carbocycles. The summed E-state index contributed by atoms with van der Waals surface area (Å²) in [6.07, 6.45) is 1.71. The van der Waals surface area contributed by atoms with Crippen LogP contribution in [-0.2, 0) is 0 Å². The summed E-state index contributed by atoms with van der Waals surface area (Å²) in [5.41, 5.74) is 1.72. The van der Waals surface area contributed by atoms with Crippen LogP contribution in [0.1, 0.15) is 0 Å². The maximum atomic E-state index is 5.86. The Morgan fingerprint density at radius 3 is 2.39 bits per heavy atom. The van der Waals surface area contributed by atoms with Gasteiger partial charge in [0.2, 0.25) is 0 Å². The van der Waals surface area contributed by atoms with Gasteiger partial charge in [-0.2, -0.15) is 0 Å². The average Bonchev–Trinajstić information content (AvgIpc) is 2.37. The SMILES string of the molecule is Clc1cc(Cl)nc(-c2cnc3ccccc3c2)n1. The molecule has 0 aliphatic rings. The van der Waals surface area contributed by atoms with E-state index in [0.717, 1.165) is 16.5 Å². The van der Waals surface area contributed by atoms with E-state index in [-0.39, 0.29) is 0 Å². The van der Waals surface area contributed by atoms with Gasteiger partial charge in [0.25, 0.3) is 0 Å². The first-order chi connectivity index (χ1) is 8.72. The monoisotopic (exact) mass is 275 g/mol. The van der Waals surface area contributed by atoms with E-state index < -0.39 is 0 Å². The zero-order valence-electron chi connectivity index (χ0n) is 9.14. The van der Waals surface area contributed by atoms with Gasteiger partial charge >= 0.3 is 0 Å². The molecule has 0 saturated carbocycles. The first kappa shape index (κ1) is 11.4. The number of hydrogen-bond donors (Lipinski definition) is 0.